The Bertz CT molecular complexity index is 1170. The number of benzene rings is 2. The number of amides is 2. The van der Waals surface area contributed by atoms with Gasteiger partial charge in [-0.25, -0.2) is 13.1 Å². The summed E-state index contributed by atoms with van der Waals surface area (Å²) < 4.78 is 27.4. The predicted octanol–water partition coefficient (Wildman–Crippen LogP) is 2.09. The van der Waals surface area contributed by atoms with Gasteiger partial charge in [0.2, 0.25) is 5.91 Å². The van der Waals surface area contributed by atoms with Crippen LogP contribution >= 0.6 is 0 Å². The monoisotopic (exact) mass is 423 g/mol. The van der Waals surface area contributed by atoms with Gasteiger partial charge >= 0.3 is 0 Å². The molecule has 2 aromatic carbocycles. The molecule has 1 unspecified atom stereocenters. The van der Waals surface area contributed by atoms with Crippen molar-refractivity contribution < 1.29 is 18.0 Å². The number of likely N-dealkylation sites (tertiary alicyclic amines) is 1. The van der Waals surface area contributed by atoms with E-state index in [9.17, 15) is 18.0 Å². The number of nitrogens with zero attached hydrogens (tertiary/aromatic N) is 2. The zero-order valence-corrected chi connectivity index (χ0v) is 17.3. The first-order valence-corrected chi connectivity index (χ1v) is 11.2. The smallest absolute Gasteiger partial charge is 0.264 e. The molecule has 154 valence electrons. The fraction of sp³-hybridized carbons (Fsp3) is 0.318. The Balaban J connectivity index is 1.54. The molecule has 1 atom stereocenters. The van der Waals surface area contributed by atoms with Crippen molar-refractivity contribution in [1.82, 2.24) is 9.62 Å². The van der Waals surface area contributed by atoms with E-state index in [4.69, 9.17) is 5.26 Å². The lowest BCUT2D eigenvalue weighted by Crippen LogP contribution is -2.69. The number of sulfonamides is 1. The fourth-order valence-corrected chi connectivity index (χ4v) is 5.03. The van der Waals surface area contributed by atoms with Gasteiger partial charge in [-0.1, -0.05) is 36.4 Å². The second kappa shape index (κ2) is 6.96. The number of hydrogen-bond acceptors (Lipinski definition) is 5. The highest BCUT2D eigenvalue weighted by atomic mass is 32.2. The summed E-state index contributed by atoms with van der Waals surface area (Å²) in [6.45, 7) is 1.99. The van der Waals surface area contributed by atoms with E-state index in [1.165, 1.54) is 29.2 Å². The highest BCUT2D eigenvalue weighted by molar-refractivity contribution is 7.90. The molecule has 1 N–H and O–H groups in total. The first-order valence-electron chi connectivity index (χ1n) is 9.68. The minimum Gasteiger partial charge on any atom is -0.327 e. The summed E-state index contributed by atoms with van der Waals surface area (Å²) in [5.74, 6) is -0.880. The Hall–Kier alpha value is -3.18. The van der Waals surface area contributed by atoms with E-state index in [0.717, 1.165) is 5.56 Å². The van der Waals surface area contributed by atoms with Crippen molar-refractivity contribution in [3.63, 3.8) is 0 Å². The zero-order chi connectivity index (χ0) is 21.6. The minimum atomic E-state index is -4.16. The van der Waals surface area contributed by atoms with E-state index >= 15 is 0 Å². The Morgan fingerprint density at radius 3 is 2.33 bits per heavy atom. The lowest BCUT2D eigenvalue weighted by atomic mass is 9.82. The quantitative estimate of drug-likeness (QED) is 0.792. The zero-order valence-electron chi connectivity index (χ0n) is 16.5. The van der Waals surface area contributed by atoms with Crippen LogP contribution in [-0.4, -0.2) is 37.2 Å². The van der Waals surface area contributed by atoms with Gasteiger partial charge in [-0.15, -0.1) is 0 Å². The number of nitriles is 1. The molecule has 2 aromatic rings. The molecule has 0 spiro atoms. The van der Waals surface area contributed by atoms with Crippen LogP contribution in [0.2, 0.25) is 0 Å². The van der Waals surface area contributed by atoms with Gasteiger partial charge in [0, 0.05) is 6.54 Å². The predicted molar refractivity (Wildman–Crippen MR) is 109 cm³/mol. The fourth-order valence-electron chi connectivity index (χ4n) is 3.91. The summed E-state index contributed by atoms with van der Waals surface area (Å²) in [6, 6.07) is 16.8. The van der Waals surface area contributed by atoms with Crippen molar-refractivity contribution in [2.24, 2.45) is 0 Å². The topological polar surface area (TPSA) is 107 Å². The van der Waals surface area contributed by atoms with Crippen molar-refractivity contribution >= 4 is 21.8 Å². The molecule has 4 rings (SSSR count). The second-order valence-corrected chi connectivity index (χ2v) is 9.69. The number of nitrogens with one attached hydrogen (secondary N) is 1. The van der Waals surface area contributed by atoms with Crippen LogP contribution in [0, 0.1) is 11.3 Å². The minimum absolute atomic E-state index is 0.138. The van der Waals surface area contributed by atoms with Crippen molar-refractivity contribution in [2.75, 3.05) is 6.54 Å². The second-order valence-electron chi connectivity index (χ2n) is 8.00. The van der Waals surface area contributed by atoms with Crippen molar-refractivity contribution in [1.29, 1.82) is 5.26 Å². The third-order valence-corrected chi connectivity index (χ3v) is 7.47. The van der Waals surface area contributed by atoms with E-state index in [1.54, 1.807) is 6.92 Å². The van der Waals surface area contributed by atoms with Crippen LogP contribution in [0.1, 0.15) is 37.3 Å². The normalized spacial score (nSPS) is 21.8. The third kappa shape index (κ3) is 3.15. The Kier molecular flexibility index (Phi) is 4.66. The van der Waals surface area contributed by atoms with Gasteiger partial charge in [0.05, 0.1) is 21.9 Å². The van der Waals surface area contributed by atoms with Gasteiger partial charge in [-0.3, -0.25) is 9.59 Å². The van der Waals surface area contributed by atoms with Crippen LogP contribution in [-0.2, 0) is 25.0 Å². The Morgan fingerprint density at radius 1 is 1.07 bits per heavy atom. The molecule has 2 aliphatic rings. The van der Waals surface area contributed by atoms with Crippen molar-refractivity contribution in [3.05, 3.63) is 65.7 Å². The number of carbonyl (C=O) groups is 2. The summed E-state index contributed by atoms with van der Waals surface area (Å²) in [5, 5.41) is 8.98. The summed E-state index contributed by atoms with van der Waals surface area (Å²) in [4.78, 5) is 27.6. The third-order valence-electron chi connectivity index (χ3n) is 6.14. The maximum absolute atomic E-state index is 13.3. The number of carbonyl (C=O) groups excluding carboxylic acids is 2. The SMILES string of the molecule is CC1(C(=O)NS(=O)(=O)c2cccc(C#N)c2)CCN1C(=O)C1(c2ccccc2)CC1. The highest BCUT2D eigenvalue weighted by Gasteiger charge is 2.60. The Labute approximate surface area is 175 Å². The van der Waals surface area contributed by atoms with Crippen LogP contribution in [0.3, 0.4) is 0 Å². The largest absolute Gasteiger partial charge is 0.327 e. The van der Waals surface area contributed by atoms with Crippen LogP contribution in [0.25, 0.3) is 0 Å². The molecule has 1 saturated heterocycles. The Morgan fingerprint density at radius 2 is 1.77 bits per heavy atom. The standard InChI is InChI=1S/C22H21N3O4S/c1-21(19(26)24-30(28,29)18-9-5-6-16(14-18)15-23)12-13-25(21)20(27)22(10-11-22)17-7-3-2-4-8-17/h2-9,14H,10-13H2,1H3,(H,24,26). The molecule has 0 aromatic heterocycles. The molecule has 2 fully saturated rings. The summed E-state index contributed by atoms with van der Waals surface area (Å²) in [7, 11) is -4.16. The van der Waals surface area contributed by atoms with E-state index < -0.39 is 26.9 Å². The van der Waals surface area contributed by atoms with E-state index in [0.29, 0.717) is 25.8 Å². The van der Waals surface area contributed by atoms with Crippen LogP contribution < -0.4 is 4.72 Å². The molecule has 1 aliphatic carbocycles. The molecule has 0 bridgehead atoms. The van der Waals surface area contributed by atoms with Crippen LogP contribution in [0.5, 0.6) is 0 Å². The van der Waals surface area contributed by atoms with E-state index in [2.05, 4.69) is 4.72 Å². The number of hydrogen-bond donors (Lipinski definition) is 1. The van der Waals surface area contributed by atoms with E-state index in [-0.39, 0.29) is 16.4 Å². The van der Waals surface area contributed by atoms with Gasteiger partial charge in [0.1, 0.15) is 5.54 Å². The van der Waals surface area contributed by atoms with Gasteiger partial charge in [-0.05, 0) is 49.9 Å². The van der Waals surface area contributed by atoms with Gasteiger partial charge < -0.3 is 4.90 Å². The van der Waals surface area contributed by atoms with E-state index in [1.807, 2.05) is 36.4 Å². The molecule has 1 saturated carbocycles. The molecule has 8 heteroatoms. The molecule has 0 radical (unpaired) electrons. The lowest BCUT2D eigenvalue weighted by molar-refractivity contribution is -0.158. The van der Waals surface area contributed by atoms with Crippen LogP contribution in [0.4, 0.5) is 0 Å². The highest BCUT2D eigenvalue weighted by Crippen LogP contribution is 2.51. The molecular formula is C22H21N3O4S. The van der Waals surface area contributed by atoms with Crippen LogP contribution in [0.15, 0.2) is 59.5 Å². The molecule has 1 aliphatic heterocycles. The average Bonchev–Trinajstić information content (AvgIpc) is 3.55. The first kappa shape index (κ1) is 20.1. The molecule has 30 heavy (non-hydrogen) atoms. The number of rotatable bonds is 5. The lowest BCUT2D eigenvalue weighted by Gasteiger charge is -2.50. The molecule has 2 amide bonds. The maximum atomic E-state index is 13.3. The van der Waals surface area contributed by atoms with Gasteiger partial charge in [-0.2, -0.15) is 5.26 Å². The summed E-state index contributed by atoms with van der Waals surface area (Å²) in [6.07, 6.45) is 1.80. The molecule has 1 heterocycles. The summed E-state index contributed by atoms with van der Waals surface area (Å²) >= 11 is 0. The van der Waals surface area contributed by atoms with Crippen molar-refractivity contribution in [2.45, 2.75) is 42.0 Å². The molecular weight excluding hydrogens is 402 g/mol. The average molecular weight is 423 g/mol. The van der Waals surface area contributed by atoms with Crippen molar-refractivity contribution in [3.8, 4) is 6.07 Å². The van der Waals surface area contributed by atoms with Gasteiger partial charge in [0.15, 0.2) is 0 Å². The maximum Gasteiger partial charge on any atom is 0.264 e. The first-order chi connectivity index (χ1) is 14.2. The molecule has 7 nitrogen and oxygen atoms in total. The summed E-state index contributed by atoms with van der Waals surface area (Å²) in [5.41, 5.74) is -0.758. The van der Waals surface area contributed by atoms with Gasteiger partial charge in [0.25, 0.3) is 15.9 Å².